The van der Waals surface area contributed by atoms with Gasteiger partial charge in [-0.25, -0.2) is 4.79 Å². The minimum atomic E-state index is -0.203. The Labute approximate surface area is 129 Å². The normalized spacial score (nSPS) is 41.8. The van der Waals surface area contributed by atoms with Crippen molar-refractivity contribution in [3.63, 3.8) is 0 Å². The molecule has 0 radical (unpaired) electrons. The van der Waals surface area contributed by atoms with Gasteiger partial charge in [-0.15, -0.1) is 0 Å². The number of carbonyl (C=O) groups excluding carboxylic acids is 1. The second-order valence-electron chi connectivity index (χ2n) is 7.83. The van der Waals surface area contributed by atoms with Crippen molar-refractivity contribution in [2.45, 2.75) is 70.8 Å². The monoisotopic (exact) mass is 290 g/mol. The molecular weight excluding hydrogens is 260 g/mol. The minimum Gasteiger partial charge on any atom is -0.455 e. The summed E-state index contributed by atoms with van der Waals surface area (Å²) < 4.78 is 6.17. The molecule has 4 fully saturated rings. The molecule has 4 bridgehead atoms. The van der Waals surface area contributed by atoms with Crippen LogP contribution in [0.2, 0.25) is 0 Å². The van der Waals surface area contributed by atoms with Crippen LogP contribution >= 0.6 is 0 Å². The van der Waals surface area contributed by atoms with Crippen LogP contribution < -0.4 is 0 Å². The molecule has 0 N–H and O–H groups in total. The molecule has 118 valence electrons. The molecule has 4 aliphatic carbocycles. The fourth-order valence-electron chi connectivity index (χ4n) is 5.94. The van der Waals surface area contributed by atoms with E-state index in [4.69, 9.17) is 4.74 Å². The lowest BCUT2D eigenvalue weighted by Gasteiger charge is -2.62. The van der Waals surface area contributed by atoms with Crippen molar-refractivity contribution in [3.05, 3.63) is 12.7 Å². The molecule has 4 aliphatic rings. The van der Waals surface area contributed by atoms with Crippen LogP contribution in [0.4, 0.5) is 0 Å². The fraction of sp³-hybridized carbons (Fsp3) is 0.842. The molecule has 0 aromatic carbocycles. The Hall–Kier alpha value is -0.790. The van der Waals surface area contributed by atoms with Crippen LogP contribution in [-0.2, 0) is 9.53 Å². The zero-order chi connectivity index (χ0) is 15.0. The summed E-state index contributed by atoms with van der Waals surface area (Å²) in [5.74, 6) is 3.29. The van der Waals surface area contributed by atoms with Gasteiger partial charge in [0.25, 0.3) is 0 Å². The Morgan fingerprint density at radius 3 is 2.29 bits per heavy atom. The van der Waals surface area contributed by atoms with Crippen molar-refractivity contribution in [1.82, 2.24) is 0 Å². The SMILES string of the molecule is C=CC(=O)OC1(C(C)CCCC)C2CC3CC(C2)CC1C3. The van der Waals surface area contributed by atoms with Crippen LogP contribution in [0.5, 0.6) is 0 Å². The van der Waals surface area contributed by atoms with Crippen LogP contribution in [-0.4, -0.2) is 11.6 Å². The van der Waals surface area contributed by atoms with Gasteiger partial charge < -0.3 is 4.74 Å². The highest BCUT2D eigenvalue weighted by Crippen LogP contribution is 2.62. The zero-order valence-electron chi connectivity index (χ0n) is 13.6. The average Bonchev–Trinajstić information content (AvgIpc) is 2.47. The van der Waals surface area contributed by atoms with Gasteiger partial charge in [0, 0.05) is 6.08 Å². The molecule has 4 rings (SSSR count). The summed E-state index contributed by atoms with van der Waals surface area (Å²) in [7, 11) is 0. The van der Waals surface area contributed by atoms with Gasteiger partial charge in [0.15, 0.2) is 0 Å². The number of hydrogen-bond donors (Lipinski definition) is 0. The van der Waals surface area contributed by atoms with Crippen LogP contribution in [0.25, 0.3) is 0 Å². The summed E-state index contributed by atoms with van der Waals surface area (Å²) in [4.78, 5) is 12.0. The Morgan fingerprint density at radius 2 is 1.81 bits per heavy atom. The topological polar surface area (TPSA) is 26.3 Å². The Kier molecular flexibility index (Phi) is 4.16. The van der Waals surface area contributed by atoms with Gasteiger partial charge in [-0.1, -0.05) is 33.3 Å². The van der Waals surface area contributed by atoms with E-state index in [0.717, 1.165) is 11.8 Å². The highest BCUT2D eigenvalue weighted by molar-refractivity contribution is 5.81. The third-order valence-corrected chi connectivity index (χ3v) is 6.62. The highest BCUT2D eigenvalue weighted by Gasteiger charge is 2.61. The minimum absolute atomic E-state index is 0.187. The molecule has 0 aromatic rings. The third kappa shape index (κ3) is 2.45. The van der Waals surface area contributed by atoms with E-state index in [1.165, 1.54) is 57.4 Å². The Morgan fingerprint density at radius 1 is 1.24 bits per heavy atom. The second-order valence-corrected chi connectivity index (χ2v) is 7.83. The second kappa shape index (κ2) is 5.78. The molecule has 0 spiro atoms. The van der Waals surface area contributed by atoms with Crippen molar-refractivity contribution in [2.24, 2.45) is 29.6 Å². The van der Waals surface area contributed by atoms with Crippen molar-refractivity contribution in [2.75, 3.05) is 0 Å². The lowest BCUT2D eigenvalue weighted by Crippen LogP contribution is -2.62. The number of hydrogen-bond acceptors (Lipinski definition) is 2. The number of rotatable bonds is 6. The summed E-state index contributed by atoms with van der Waals surface area (Å²) >= 11 is 0. The van der Waals surface area contributed by atoms with E-state index < -0.39 is 0 Å². The average molecular weight is 290 g/mol. The van der Waals surface area contributed by atoms with Crippen molar-refractivity contribution >= 4 is 5.97 Å². The number of esters is 1. The van der Waals surface area contributed by atoms with Gasteiger partial charge in [-0.05, 0) is 68.1 Å². The lowest BCUT2D eigenvalue weighted by atomic mass is 9.47. The first-order valence-corrected chi connectivity index (χ1v) is 8.95. The summed E-state index contributed by atoms with van der Waals surface area (Å²) in [6.07, 6.45) is 11.6. The first kappa shape index (κ1) is 15.1. The van der Waals surface area contributed by atoms with E-state index in [0.29, 0.717) is 17.8 Å². The number of unbranched alkanes of at least 4 members (excludes halogenated alkanes) is 1. The first-order chi connectivity index (χ1) is 10.1. The molecule has 0 amide bonds. The molecule has 1 unspecified atom stereocenters. The van der Waals surface area contributed by atoms with E-state index in [2.05, 4.69) is 20.4 Å². The first-order valence-electron chi connectivity index (χ1n) is 8.95. The van der Waals surface area contributed by atoms with Crippen LogP contribution in [0.15, 0.2) is 12.7 Å². The van der Waals surface area contributed by atoms with Gasteiger partial charge in [-0.3, -0.25) is 0 Å². The highest BCUT2D eigenvalue weighted by atomic mass is 16.6. The van der Waals surface area contributed by atoms with E-state index in [9.17, 15) is 4.79 Å². The summed E-state index contributed by atoms with van der Waals surface area (Å²) in [5.41, 5.74) is -0.187. The number of carbonyl (C=O) groups is 1. The predicted octanol–water partition coefficient (Wildman–Crippen LogP) is 4.74. The summed E-state index contributed by atoms with van der Waals surface area (Å²) in [6, 6.07) is 0. The molecule has 2 heteroatoms. The van der Waals surface area contributed by atoms with E-state index >= 15 is 0 Å². The Balaban J connectivity index is 1.88. The Bertz CT molecular complexity index is 384. The molecular formula is C19H30O2. The standard InChI is InChI=1S/C19H30O2/c1-4-6-7-13(3)19(21-18(20)5-2)16-9-14-8-15(11-16)12-17(19)10-14/h5,13-17H,2,4,6-12H2,1,3H3. The van der Waals surface area contributed by atoms with Crippen molar-refractivity contribution < 1.29 is 9.53 Å². The van der Waals surface area contributed by atoms with Crippen LogP contribution in [0.3, 0.4) is 0 Å². The van der Waals surface area contributed by atoms with E-state index in [1.54, 1.807) is 0 Å². The van der Waals surface area contributed by atoms with Gasteiger partial charge in [-0.2, -0.15) is 0 Å². The molecule has 21 heavy (non-hydrogen) atoms. The third-order valence-electron chi connectivity index (χ3n) is 6.62. The predicted molar refractivity (Wildman–Crippen MR) is 84.8 cm³/mol. The molecule has 0 saturated heterocycles. The van der Waals surface area contributed by atoms with Gasteiger partial charge in [0.1, 0.15) is 5.60 Å². The van der Waals surface area contributed by atoms with E-state index in [1.807, 2.05) is 0 Å². The summed E-state index contributed by atoms with van der Waals surface area (Å²) in [5, 5.41) is 0. The van der Waals surface area contributed by atoms with E-state index in [-0.39, 0.29) is 11.6 Å². The van der Waals surface area contributed by atoms with Crippen LogP contribution in [0, 0.1) is 29.6 Å². The van der Waals surface area contributed by atoms with Crippen LogP contribution in [0.1, 0.15) is 65.2 Å². The number of ether oxygens (including phenoxy) is 1. The maximum atomic E-state index is 12.0. The maximum absolute atomic E-state index is 12.0. The smallest absolute Gasteiger partial charge is 0.330 e. The molecule has 2 nitrogen and oxygen atoms in total. The molecule has 0 aliphatic heterocycles. The van der Waals surface area contributed by atoms with Crippen molar-refractivity contribution in [1.29, 1.82) is 0 Å². The zero-order valence-corrected chi connectivity index (χ0v) is 13.6. The largest absolute Gasteiger partial charge is 0.455 e. The molecule has 4 saturated carbocycles. The van der Waals surface area contributed by atoms with Gasteiger partial charge in [0.05, 0.1) is 0 Å². The lowest BCUT2D eigenvalue weighted by molar-refractivity contribution is -0.224. The van der Waals surface area contributed by atoms with Gasteiger partial charge in [0.2, 0.25) is 0 Å². The quantitative estimate of drug-likeness (QED) is 0.522. The molecule has 0 aromatic heterocycles. The molecule has 0 heterocycles. The van der Waals surface area contributed by atoms with Crippen molar-refractivity contribution in [3.8, 4) is 0 Å². The van der Waals surface area contributed by atoms with Gasteiger partial charge >= 0.3 is 5.97 Å². The summed E-state index contributed by atoms with van der Waals surface area (Å²) in [6.45, 7) is 8.19. The maximum Gasteiger partial charge on any atom is 0.330 e. The fourth-order valence-corrected chi connectivity index (χ4v) is 5.94. The molecule has 1 atom stereocenters.